The zero-order valence-corrected chi connectivity index (χ0v) is 7.71. The maximum atomic E-state index is 10.5. The zero-order valence-electron chi connectivity index (χ0n) is 7.71. The van der Waals surface area contributed by atoms with E-state index in [0.29, 0.717) is 0 Å². The molecule has 3 heteroatoms. The predicted molar refractivity (Wildman–Crippen MR) is 48.9 cm³/mol. The number of hydrogen-bond acceptors (Lipinski definition) is 2. The molecule has 0 heterocycles. The van der Waals surface area contributed by atoms with Gasteiger partial charge in [-0.3, -0.25) is 0 Å². The summed E-state index contributed by atoms with van der Waals surface area (Å²) >= 11 is 0. The van der Waals surface area contributed by atoms with Gasteiger partial charge in [0.25, 0.3) is 0 Å². The second-order valence-electron chi connectivity index (χ2n) is 3.13. The molecule has 0 amide bonds. The first-order valence-electron chi connectivity index (χ1n) is 4.20. The van der Waals surface area contributed by atoms with Crippen LogP contribution in [-0.2, 0) is 4.79 Å². The van der Waals surface area contributed by atoms with Crippen LogP contribution in [0.15, 0.2) is 12.2 Å². The lowest BCUT2D eigenvalue weighted by Gasteiger charge is -2.12. The number of hydrogen-bond donors (Lipinski definition) is 2. The molecule has 3 N–H and O–H groups in total. The molecular weight excluding hydrogens is 154 g/mol. The highest BCUT2D eigenvalue weighted by molar-refractivity contribution is 5.80. The van der Waals surface area contributed by atoms with Crippen molar-refractivity contribution in [3.05, 3.63) is 12.2 Å². The van der Waals surface area contributed by atoms with E-state index in [9.17, 15) is 4.79 Å². The van der Waals surface area contributed by atoms with Crippen LogP contribution in [0.3, 0.4) is 0 Å². The minimum Gasteiger partial charge on any atom is -0.480 e. The third-order valence-electron chi connectivity index (χ3n) is 1.65. The molecule has 0 bridgehead atoms. The number of carboxylic acids is 1. The average Bonchev–Trinajstić information content (AvgIpc) is 1.98. The molecule has 0 unspecified atom stereocenters. The second kappa shape index (κ2) is 4.93. The fraction of sp³-hybridized carbons (Fsp3) is 0.667. The lowest BCUT2D eigenvalue weighted by molar-refractivity contribution is -0.140. The van der Waals surface area contributed by atoms with Gasteiger partial charge in [0.2, 0.25) is 0 Å². The van der Waals surface area contributed by atoms with Gasteiger partial charge in [0.1, 0.15) is 5.54 Å². The number of aliphatic carboxylic acids is 1. The number of nitrogens with two attached hydrogens (primary N) is 1. The van der Waals surface area contributed by atoms with Gasteiger partial charge in [-0.05, 0) is 13.3 Å². The van der Waals surface area contributed by atoms with Gasteiger partial charge in [-0.1, -0.05) is 31.9 Å². The van der Waals surface area contributed by atoms with E-state index in [1.807, 2.05) is 6.08 Å². The lowest BCUT2D eigenvalue weighted by atomic mass is 10.0. The summed E-state index contributed by atoms with van der Waals surface area (Å²) in [6, 6.07) is 0. The Hall–Kier alpha value is -0.830. The van der Waals surface area contributed by atoms with Crippen LogP contribution in [-0.4, -0.2) is 16.6 Å². The van der Waals surface area contributed by atoms with Gasteiger partial charge in [-0.25, -0.2) is 4.79 Å². The molecule has 0 aliphatic carbocycles. The van der Waals surface area contributed by atoms with Gasteiger partial charge in [-0.2, -0.15) is 0 Å². The van der Waals surface area contributed by atoms with Crippen LogP contribution in [0.2, 0.25) is 0 Å². The molecular formula is C9H17NO2. The van der Waals surface area contributed by atoms with E-state index in [1.165, 1.54) is 6.92 Å². The van der Waals surface area contributed by atoms with Gasteiger partial charge in [0.15, 0.2) is 0 Å². The molecule has 3 nitrogen and oxygen atoms in total. The lowest BCUT2D eigenvalue weighted by Crippen LogP contribution is -2.42. The van der Waals surface area contributed by atoms with Gasteiger partial charge in [-0.15, -0.1) is 0 Å². The molecule has 12 heavy (non-hydrogen) atoms. The maximum absolute atomic E-state index is 10.5. The van der Waals surface area contributed by atoms with Crippen LogP contribution >= 0.6 is 0 Å². The van der Waals surface area contributed by atoms with Gasteiger partial charge >= 0.3 is 5.97 Å². The van der Waals surface area contributed by atoms with Crippen molar-refractivity contribution in [3.63, 3.8) is 0 Å². The van der Waals surface area contributed by atoms with Crippen molar-refractivity contribution in [1.82, 2.24) is 0 Å². The molecule has 0 aliphatic heterocycles. The van der Waals surface area contributed by atoms with E-state index in [2.05, 4.69) is 6.92 Å². The number of allylic oxidation sites excluding steroid dienone is 1. The van der Waals surface area contributed by atoms with Crippen LogP contribution < -0.4 is 5.73 Å². The van der Waals surface area contributed by atoms with Crippen molar-refractivity contribution in [2.45, 2.75) is 38.6 Å². The van der Waals surface area contributed by atoms with E-state index in [4.69, 9.17) is 10.8 Å². The second-order valence-corrected chi connectivity index (χ2v) is 3.13. The first-order chi connectivity index (χ1) is 5.50. The predicted octanol–water partition coefficient (Wildman–Crippen LogP) is 1.53. The minimum atomic E-state index is -1.21. The van der Waals surface area contributed by atoms with Crippen molar-refractivity contribution in [1.29, 1.82) is 0 Å². The molecule has 0 rings (SSSR count). The van der Waals surface area contributed by atoms with Crippen LogP contribution in [0.1, 0.15) is 33.1 Å². The number of carboxylic acid groups (broad SMARTS) is 1. The minimum absolute atomic E-state index is 0.899. The first-order valence-corrected chi connectivity index (χ1v) is 4.20. The molecule has 0 radical (unpaired) electrons. The summed E-state index contributed by atoms with van der Waals surface area (Å²) in [5.41, 5.74) is 4.24. The third-order valence-corrected chi connectivity index (χ3v) is 1.65. The highest BCUT2D eigenvalue weighted by Crippen LogP contribution is 2.03. The molecule has 0 aromatic carbocycles. The van der Waals surface area contributed by atoms with E-state index < -0.39 is 11.5 Å². The van der Waals surface area contributed by atoms with Crippen molar-refractivity contribution in [2.75, 3.05) is 0 Å². The summed E-state index contributed by atoms with van der Waals surface area (Å²) in [6.45, 7) is 3.57. The molecule has 1 atom stereocenters. The Morgan fingerprint density at radius 3 is 2.67 bits per heavy atom. The molecule has 0 saturated heterocycles. The summed E-state index contributed by atoms with van der Waals surface area (Å²) in [5, 5.41) is 8.62. The quantitative estimate of drug-likeness (QED) is 0.487. The normalized spacial score (nSPS) is 16.2. The molecule has 0 aromatic rings. The van der Waals surface area contributed by atoms with Crippen molar-refractivity contribution >= 4 is 5.97 Å². The molecule has 70 valence electrons. The van der Waals surface area contributed by atoms with E-state index >= 15 is 0 Å². The molecule has 0 aromatic heterocycles. The zero-order chi connectivity index (χ0) is 9.61. The fourth-order valence-electron chi connectivity index (χ4n) is 0.721. The van der Waals surface area contributed by atoms with Crippen LogP contribution in [0, 0.1) is 0 Å². The third kappa shape index (κ3) is 4.13. The van der Waals surface area contributed by atoms with Gasteiger partial charge in [0, 0.05) is 0 Å². The van der Waals surface area contributed by atoms with E-state index in [1.54, 1.807) is 6.08 Å². The summed E-state index contributed by atoms with van der Waals surface area (Å²) in [6.07, 6.45) is 6.46. The van der Waals surface area contributed by atoms with Crippen molar-refractivity contribution in [3.8, 4) is 0 Å². The highest BCUT2D eigenvalue weighted by Gasteiger charge is 2.23. The first kappa shape index (κ1) is 11.2. The molecule has 0 fully saturated rings. The Morgan fingerprint density at radius 2 is 2.25 bits per heavy atom. The summed E-state index contributed by atoms with van der Waals surface area (Å²) in [5.74, 6) is -0.991. The summed E-state index contributed by atoms with van der Waals surface area (Å²) < 4.78 is 0. The molecule has 0 saturated carbocycles. The SMILES string of the molecule is CCCCC=C[C@](C)(N)C(=O)O. The van der Waals surface area contributed by atoms with E-state index in [0.717, 1.165) is 19.3 Å². The van der Waals surface area contributed by atoms with Gasteiger partial charge in [0.05, 0.1) is 0 Å². The summed E-state index contributed by atoms with van der Waals surface area (Å²) in [4.78, 5) is 10.5. The Balaban J connectivity index is 3.88. The van der Waals surface area contributed by atoms with Crippen LogP contribution in [0.4, 0.5) is 0 Å². The molecule has 0 aliphatic rings. The van der Waals surface area contributed by atoms with Crippen molar-refractivity contribution in [2.24, 2.45) is 5.73 Å². The summed E-state index contributed by atoms with van der Waals surface area (Å²) in [7, 11) is 0. The van der Waals surface area contributed by atoms with Crippen LogP contribution in [0.5, 0.6) is 0 Å². The average molecular weight is 171 g/mol. The van der Waals surface area contributed by atoms with Gasteiger partial charge < -0.3 is 10.8 Å². The number of rotatable bonds is 5. The largest absolute Gasteiger partial charge is 0.480 e. The maximum Gasteiger partial charge on any atom is 0.327 e. The Labute approximate surface area is 73.3 Å². The Kier molecular flexibility index (Phi) is 4.59. The number of unbranched alkanes of at least 4 members (excludes halogenated alkanes) is 2. The number of carbonyl (C=O) groups is 1. The topological polar surface area (TPSA) is 63.3 Å². The fourth-order valence-corrected chi connectivity index (χ4v) is 0.721. The molecule has 0 spiro atoms. The smallest absolute Gasteiger partial charge is 0.327 e. The standard InChI is InChI=1S/C9H17NO2/c1-3-4-5-6-7-9(2,10)8(11)12/h6-7H,3-5,10H2,1-2H3,(H,11,12)/t9-/m0/s1. The Bertz CT molecular complexity index is 173. The highest BCUT2D eigenvalue weighted by atomic mass is 16.4. The van der Waals surface area contributed by atoms with E-state index in [-0.39, 0.29) is 0 Å². The van der Waals surface area contributed by atoms with Crippen molar-refractivity contribution < 1.29 is 9.90 Å². The van der Waals surface area contributed by atoms with Crippen LogP contribution in [0.25, 0.3) is 0 Å². The Morgan fingerprint density at radius 1 is 1.67 bits per heavy atom. The monoisotopic (exact) mass is 171 g/mol.